The summed E-state index contributed by atoms with van der Waals surface area (Å²) in [4.78, 5) is 28.9. The first-order chi connectivity index (χ1) is 8.58. The maximum atomic E-state index is 12.1. The Morgan fingerprint density at radius 2 is 2.17 bits per heavy atom. The number of hydrogen-bond acceptors (Lipinski definition) is 4. The topological polar surface area (TPSA) is 62.3 Å². The van der Waals surface area contributed by atoms with Crippen LogP contribution >= 0.6 is 11.3 Å². The van der Waals surface area contributed by atoms with Gasteiger partial charge in [0.15, 0.2) is 5.13 Å². The highest BCUT2D eigenvalue weighted by Crippen LogP contribution is 2.16. The number of amides is 2. The lowest BCUT2D eigenvalue weighted by atomic mass is 10.3. The summed E-state index contributed by atoms with van der Waals surface area (Å²) in [6, 6.07) is 0. The second-order valence-electron chi connectivity index (χ2n) is 3.96. The molecule has 100 valence electrons. The van der Waals surface area contributed by atoms with Crippen molar-refractivity contribution in [3.8, 4) is 0 Å². The predicted molar refractivity (Wildman–Crippen MR) is 72.9 cm³/mol. The molecule has 0 aliphatic rings. The Hall–Kier alpha value is -1.43. The first-order valence-electron chi connectivity index (χ1n) is 6.10. The molecule has 0 saturated carbocycles. The van der Waals surface area contributed by atoms with E-state index in [2.05, 4.69) is 17.2 Å². The van der Waals surface area contributed by atoms with Gasteiger partial charge >= 0.3 is 0 Å². The van der Waals surface area contributed by atoms with E-state index < -0.39 is 0 Å². The summed E-state index contributed by atoms with van der Waals surface area (Å²) in [5, 5.41) is 4.73. The Morgan fingerprint density at radius 1 is 1.44 bits per heavy atom. The fraction of sp³-hybridized carbons (Fsp3) is 0.583. The average Bonchev–Trinajstić information content (AvgIpc) is 2.77. The highest BCUT2D eigenvalue weighted by atomic mass is 32.1. The quantitative estimate of drug-likeness (QED) is 0.862. The average molecular weight is 269 g/mol. The number of thiazole rings is 1. The molecule has 18 heavy (non-hydrogen) atoms. The number of anilines is 1. The molecule has 0 aliphatic carbocycles. The van der Waals surface area contributed by atoms with Gasteiger partial charge in [-0.1, -0.05) is 13.3 Å². The van der Waals surface area contributed by atoms with E-state index in [1.807, 2.05) is 6.92 Å². The van der Waals surface area contributed by atoms with E-state index >= 15 is 0 Å². The van der Waals surface area contributed by atoms with E-state index in [1.165, 1.54) is 18.3 Å². The number of rotatable bonds is 6. The van der Waals surface area contributed by atoms with E-state index in [1.54, 1.807) is 10.3 Å². The monoisotopic (exact) mass is 269 g/mol. The molecule has 6 heteroatoms. The van der Waals surface area contributed by atoms with Crippen LogP contribution in [0.25, 0.3) is 0 Å². The molecular weight excluding hydrogens is 250 g/mol. The molecule has 1 aromatic heterocycles. The second kappa shape index (κ2) is 7.10. The number of nitrogens with zero attached hydrogens (tertiary/aromatic N) is 2. The van der Waals surface area contributed by atoms with Gasteiger partial charge in [0, 0.05) is 25.4 Å². The van der Waals surface area contributed by atoms with Crippen molar-refractivity contribution in [3.63, 3.8) is 0 Å². The summed E-state index contributed by atoms with van der Waals surface area (Å²) in [5.41, 5.74) is 0.404. The van der Waals surface area contributed by atoms with Gasteiger partial charge in [-0.2, -0.15) is 0 Å². The van der Waals surface area contributed by atoms with Crippen LogP contribution in [0.15, 0.2) is 5.38 Å². The zero-order valence-corrected chi connectivity index (χ0v) is 11.8. The van der Waals surface area contributed by atoms with Crippen molar-refractivity contribution in [2.75, 3.05) is 18.4 Å². The van der Waals surface area contributed by atoms with E-state index in [0.29, 0.717) is 17.4 Å². The summed E-state index contributed by atoms with van der Waals surface area (Å²) in [6.07, 6.45) is 2.04. The minimum Gasteiger partial charge on any atom is -0.338 e. The summed E-state index contributed by atoms with van der Waals surface area (Å²) in [7, 11) is 0. The number of aromatic nitrogens is 1. The van der Waals surface area contributed by atoms with Crippen LogP contribution in [0, 0.1) is 0 Å². The van der Waals surface area contributed by atoms with Crippen LogP contribution in [0.3, 0.4) is 0 Å². The molecule has 2 amide bonds. The maximum Gasteiger partial charge on any atom is 0.273 e. The van der Waals surface area contributed by atoms with Crippen molar-refractivity contribution in [3.05, 3.63) is 11.1 Å². The Kier molecular flexibility index (Phi) is 5.77. The molecule has 0 bridgehead atoms. The molecule has 1 N–H and O–H groups in total. The van der Waals surface area contributed by atoms with Crippen LogP contribution in [0.4, 0.5) is 5.13 Å². The van der Waals surface area contributed by atoms with Gasteiger partial charge in [-0.25, -0.2) is 4.98 Å². The van der Waals surface area contributed by atoms with Crippen molar-refractivity contribution >= 4 is 28.3 Å². The zero-order valence-electron chi connectivity index (χ0n) is 11.0. The van der Waals surface area contributed by atoms with Crippen LogP contribution < -0.4 is 5.32 Å². The van der Waals surface area contributed by atoms with E-state index in [9.17, 15) is 9.59 Å². The molecule has 1 aromatic rings. The molecule has 0 atom stereocenters. The lowest BCUT2D eigenvalue weighted by molar-refractivity contribution is -0.114. The molecule has 5 nitrogen and oxygen atoms in total. The van der Waals surface area contributed by atoms with Gasteiger partial charge in [-0.05, 0) is 13.3 Å². The minimum absolute atomic E-state index is 0.0706. The lowest BCUT2D eigenvalue weighted by Crippen LogP contribution is -2.32. The van der Waals surface area contributed by atoms with Gasteiger partial charge in [0.25, 0.3) is 5.91 Å². The molecule has 0 fully saturated rings. The van der Waals surface area contributed by atoms with Crippen molar-refractivity contribution in [2.24, 2.45) is 0 Å². The number of carbonyl (C=O) groups is 2. The Labute approximate surface area is 111 Å². The maximum absolute atomic E-state index is 12.1. The lowest BCUT2D eigenvalue weighted by Gasteiger charge is -2.19. The highest BCUT2D eigenvalue weighted by Gasteiger charge is 2.17. The van der Waals surface area contributed by atoms with Crippen LogP contribution in [-0.4, -0.2) is 34.8 Å². The van der Waals surface area contributed by atoms with Crippen LogP contribution in [-0.2, 0) is 4.79 Å². The summed E-state index contributed by atoms with van der Waals surface area (Å²) in [5.74, 6) is -0.250. The molecule has 0 spiro atoms. The smallest absolute Gasteiger partial charge is 0.273 e. The Balaban J connectivity index is 2.69. The van der Waals surface area contributed by atoms with E-state index in [4.69, 9.17) is 0 Å². The summed E-state index contributed by atoms with van der Waals surface area (Å²) in [6.45, 7) is 6.89. The van der Waals surface area contributed by atoms with Crippen molar-refractivity contribution < 1.29 is 9.59 Å². The van der Waals surface area contributed by atoms with Gasteiger partial charge < -0.3 is 10.2 Å². The fourth-order valence-corrected chi connectivity index (χ4v) is 2.22. The fourth-order valence-electron chi connectivity index (χ4n) is 1.49. The number of hydrogen-bond donors (Lipinski definition) is 1. The molecule has 0 aromatic carbocycles. The van der Waals surface area contributed by atoms with Gasteiger partial charge in [0.1, 0.15) is 5.69 Å². The second-order valence-corrected chi connectivity index (χ2v) is 4.82. The molecular formula is C12H19N3O2S. The summed E-state index contributed by atoms with van der Waals surface area (Å²) >= 11 is 1.27. The Bertz CT molecular complexity index is 417. The van der Waals surface area contributed by atoms with Crippen molar-refractivity contribution in [1.82, 2.24) is 9.88 Å². The Morgan fingerprint density at radius 3 is 2.72 bits per heavy atom. The van der Waals surface area contributed by atoms with Crippen molar-refractivity contribution in [2.45, 2.75) is 33.6 Å². The van der Waals surface area contributed by atoms with Crippen LogP contribution in [0.1, 0.15) is 44.1 Å². The standard InChI is InChI=1S/C12H19N3O2S/c1-4-6-7-15(5-2)11(17)10-8-18-12(14-10)13-9(3)16/h8H,4-7H2,1-3H3,(H,13,14,16). The van der Waals surface area contributed by atoms with Gasteiger partial charge in [0.05, 0.1) is 0 Å². The third kappa shape index (κ3) is 4.10. The zero-order chi connectivity index (χ0) is 13.5. The van der Waals surface area contributed by atoms with E-state index in [0.717, 1.165) is 19.4 Å². The third-order valence-corrected chi connectivity index (χ3v) is 3.21. The SMILES string of the molecule is CCCCN(CC)C(=O)c1csc(NC(C)=O)n1. The predicted octanol–water partition coefficient (Wildman–Crippen LogP) is 2.36. The molecule has 0 radical (unpaired) electrons. The molecule has 0 aliphatic heterocycles. The van der Waals surface area contributed by atoms with Crippen LogP contribution in [0.5, 0.6) is 0 Å². The number of carbonyl (C=O) groups excluding carboxylic acids is 2. The highest BCUT2D eigenvalue weighted by molar-refractivity contribution is 7.14. The summed E-state index contributed by atoms with van der Waals surface area (Å²) < 4.78 is 0. The first kappa shape index (κ1) is 14.6. The molecule has 0 unspecified atom stereocenters. The van der Waals surface area contributed by atoms with Crippen LogP contribution in [0.2, 0.25) is 0 Å². The van der Waals surface area contributed by atoms with Gasteiger partial charge in [0.2, 0.25) is 5.91 Å². The number of nitrogens with one attached hydrogen (secondary N) is 1. The molecule has 1 heterocycles. The number of unbranched alkanes of at least 4 members (excludes halogenated alkanes) is 1. The molecule has 1 rings (SSSR count). The van der Waals surface area contributed by atoms with Crippen molar-refractivity contribution in [1.29, 1.82) is 0 Å². The normalized spacial score (nSPS) is 10.2. The minimum atomic E-state index is -0.179. The first-order valence-corrected chi connectivity index (χ1v) is 6.98. The molecule has 0 saturated heterocycles. The largest absolute Gasteiger partial charge is 0.338 e. The van der Waals surface area contributed by atoms with Gasteiger partial charge in [-0.15, -0.1) is 11.3 Å². The van der Waals surface area contributed by atoms with E-state index in [-0.39, 0.29) is 11.8 Å². The third-order valence-electron chi connectivity index (χ3n) is 2.46. The van der Waals surface area contributed by atoms with Gasteiger partial charge in [-0.3, -0.25) is 9.59 Å².